The van der Waals surface area contributed by atoms with E-state index in [1.54, 1.807) is 6.20 Å². The van der Waals surface area contributed by atoms with Crippen LogP contribution in [-0.2, 0) is 17.6 Å². The Balaban J connectivity index is 1.65. The van der Waals surface area contributed by atoms with Crippen molar-refractivity contribution in [2.75, 3.05) is 18.5 Å². The number of amides is 1. The number of hydrogen-bond acceptors (Lipinski definition) is 5. The van der Waals surface area contributed by atoms with Gasteiger partial charge in [-0.05, 0) is 36.8 Å². The predicted octanol–water partition coefficient (Wildman–Crippen LogP) is 3.25. The predicted molar refractivity (Wildman–Crippen MR) is 102 cm³/mol. The van der Waals surface area contributed by atoms with Crippen molar-refractivity contribution in [2.45, 2.75) is 45.6 Å². The molecule has 1 aromatic carbocycles. The molecule has 26 heavy (non-hydrogen) atoms. The fourth-order valence-electron chi connectivity index (χ4n) is 3.14. The van der Waals surface area contributed by atoms with Crippen LogP contribution in [0.4, 0.5) is 11.5 Å². The van der Waals surface area contributed by atoms with Crippen molar-refractivity contribution in [3.63, 3.8) is 0 Å². The first-order chi connectivity index (χ1) is 12.7. The minimum Gasteiger partial charge on any atom is -0.376 e. The highest BCUT2D eigenvalue weighted by molar-refractivity contribution is 5.92. The highest BCUT2D eigenvalue weighted by atomic mass is 16.5. The van der Waals surface area contributed by atoms with E-state index in [-0.39, 0.29) is 12.0 Å². The molecule has 0 spiro atoms. The Morgan fingerprint density at radius 1 is 1.19 bits per heavy atom. The molecule has 1 aromatic heterocycles. The second-order valence-electron chi connectivity index (χ2n) is 6.42. The van der Waals surface area contributed by atoms with Crippen molar-refractivity contribution in [1.29, 1.82) is 0 Å². The van der Waals surface area contributed by atoms with Crippen LogP contribution in [0.5, 0.6) is 0 Å². The summed E-state index contributed by atoms with van der Waals surface area (Å²) in [6, 6.07) is 6.31. The van der Waals surface area contributed by atoms with E-state index in [4.69, 9.17) is 4.74 Å². The third kappa shape index (κ3) is 4.38. The monoisotopic (exact) mass is 354 g/mol. The van der Waals surface area contributed by atoms with E-state index in [9.17, 15) is 4.79 Å². The topological polar surface area (TPSA) is 76.1 Å². The molecule has 2 aromatic rings. The highest BCUT2D eigenvalue weighted by Crippen LogP contribution is 2.25. The molecule has 138 valence electrons. The van der Waals surface area contributed by atoms with E-state index in [1.165, 1.54) is 17.3 Å². The molecule has 2 N–H and O–H groups in total. The number of aryl methyl sites for hydroxylation is 2. The summed E-state index contributed by atoms with van der Waals surface area (Å²) in [5.74, 6) is 0.416. The van der Waals surface area contributed by atoms with Gasteiger partial charge < -0.3 is 15.4 Å². The van der Waals surface area contributed by atoms with Crippen molar-refractivity contribution >= 4 is 17.4 Å². The Hall–Kier alpha value is -2.47. The van der Waals surface area contributed by atoms with Crippen LogP contribution in [0.2, 0.25) is 0 Å². The van der Waals surface area contributed by atoms with Gasteiger partial charge in [0.15, 0.2) is 0 Å². The number of hydrogen-bond donors (Lipinski definition) is 2. The molecule has 1 atom stereocenters. The van der Waals surface area contributed by atoms with Gasteiger partial charge in [0.1, 0.15) is 11.5 Å². The van der Waals surface area contributed by atoms with Crippen molar-refractivity contribution in [3.05, 3.63) is 47.4 Å². The number of nitrogens with zero attached hydrogens (tertiary/aromatic N) is 2. The SMILES string of the molecule is CCc1cccc(CC)c1Nc1cnc(C(=O)NCC2CCCO2)cn1. The van der Waals surface area contributed by atoms with E-state index in [2.05, 4.69) is 52.6 Å². The van der Waals surface area contributed by atoms with E-state index in [0.29, 0.717) is 18.1 Å². The lowest BCUT2D eigenvalue weighted by atomic mass is 10.0. The largest absolute Gasteiger partial charge is 0.376 e. The van der Waals surface area contributed by atoms with Gasteiger partial charge in [0.25, 0.3) is 5.91 Å². The number of aromatic nitrogens is 2. The average Bonchev–Trinajstić information content (AvgIpc) is 3.20. The van der Waals surface area contributed by atoms with Crippen LogP contribution in [0.15, 0.2) is 30.6 Å². The summed E-state index contributed by atoms with van der Waals surface area (Å²) in [7, 11) is 0. The molecule has 6 nitrogen and oxygen atoms in total. The Morgan fingerprint density at radius 3 is 2.54 bits per heavy atom. The zero-order valence-electron chi connectivity index (χ0n) is 15.4. The molecule has 6 heteroatoms. The van der Waals surface area contributed by atoms with Crippen LogP contribution in [0.3, 0.4) is 0 Å². The maximum absolute atomic E-state index is 12.2. The van der Waals surface area contributed by atoms with Gasteiger partial charge in [0.2, 0.25) is 0 Å². The number of anilines is 2. The fraction of sp³-hybridized carbons (Fsp3) is 0.450. The number of para-hydroxylation sites is 1. The first-order valence-electron chi connectivity index (χ1n) is 9.30. The van der Waals surface area contributed by atoms with Gasteiger partial charge in [0.05, 0.1) is 18.5 Å². The molecule has 1 aliphatic rings. The van der Waals surface area contributed by atoms with Gasteiger partial charge in [-0.25, -0.2) is 9.97 Å². The number of benzene rings is 1. The van der Waals surface area contributed by atoms with Crippen molar-refractivity contribution < 1.29 is 9.53 Å². The molecule has 0 aliphatic carbocycles. The zero-order chi connectivity index (χ0) is 18.4. The van der Waals surface area contributed by atoms with E-state index < -0.39 is 0 Å². The van der Waals surface area contributed by atoms with Crippen LogP contribution in [0.25, 0.3) is 0 Å². The van der Waals surface area contributed by atoms with Crippen LogP contribution < -0.4 is 10.6 Å². The molecule has 1 amide bonds. The van der Waals surface area contributed by atoms with E-state index in [0.717, 1.165) is 38.0 Å². The van der Waals surface area contributed by atoms with Crippen LogP contribution >= 0.6 is 0 Å². The Labute approximate surface area is 154 Å². The van der Waals surface area contributed by atoms with Gasteiger partial charge in [-0.15, -0.1) is 0 Å². The minimum absolute atomic E-state index is 0.117. The molecule has 1 fully saturated rings. The molecular formula is C20H26N4O2. The summed E-state index contributed by atoms with van der Waals surface area (Å²) in [5, 5.41) is 6.22. The summed E-state index contributed by atoms with van der Waals surface area (Å²) in [6.45, 7) is 5.56. The average molecular weight is 354 g/mol. The molecule has 0 saturated carbocycles. The molecule has 0 radical (unpaired) electrons. The lowest BCUT2D eigenvalue weighted by molar-refractivity contribution is 0.0853. The van der Waals surface area contributed by atoms with Crippen molar-refractivity contribution in [3.8, 4) is 0 Å². The fourth-order valence-corrected chi connectivity index (χ4v) is 3.14. The molecule has 1 aliphatic heterocycles. The molecular weight excluding hydrogens is 328 g/mol. The third-order valence-corrected chi connectivity index (χ3v) is 4.65. The van der Waals surface area contributed by atoms with Crippen molar-refractivity contribution in [2.24, 2.45) is 0 Å². The van der Waals surface area contributed by atoms with Gasteiger partial charge >= 0.3 is 0 Å². The lowest BCUT2D eigenvalue weighted by Gasteiger charge is -2.15. The van der Waals surface area contributed by atoms with Crippen LogP contribution in [0, 0.1) is 0 Å². The molecule has 1 unspecified atom stereocenters. The lowest BCUT2D eigenvalue weighted by Crippen LogP contribution is -2.32. The number of rotatable bonds is 7. The van der Waals surface area contributed by atoms with Gasteiger partial charge in [0, 0.05) is 18.8 Å². The quantitative estimate of drug-likeness (QED) is 0.798. The second kappa shape index (κ2) is 8.76. The standard InChI is InChI=1S/C20H26N4O2/c1-3-14-7-5-8-15(4-2)19(14)24-18-13-21-17(12-22-18)20(25)23-11-16-9-6-10-26-16/h5,7-8,12-13,16H,3-4,6,9-11H2,1-2H3,(H,22,24)(H,23,25). The number of carbonyl (C=O) groups excluding carboxylic acids is 1. The summed E-state index contributed by atoms with van der Waals surface area (Å²) in [5.41, 5.74) is 3.88. The highest BCUT2D eigenvalue weighted by Gasteiger charge is 2.17. The molecule has 3 rings (SSSR count). The smallest absolute Gasteiger partial charge is 0.271 e. The normalized spacial score (nSPS) is 16.5. The number of ether oxygens (including phenoxy) is 1. The third-order valence-electron chi connectivity index (χ3n) is 4.65. The minimum atomic E-state index is -0.220. The van der Waals surface area contributed by atoms with Gasteiger partial charge in [-0.1, -0.05) is 32.0 Å². The molecule has 1 saturated heterocycles. The van der Waals surface area contributed by atoms with Crippen molar-refractivity contribution in [1.82, 2.24) is 15.3 Å². The Morgan fingerprint density at radius 2 is 1.96 bits per heavy atom. The van der Waals surface area contributed by atoms with E-state index in [1.807, 2.05) is 0 Å². The Bertz CT molecular complexity index is 718. The second-order valence-corrected chi connectivity index (χ2v) is 6.42. The summed E-state index contributed by atoms with van der Waals surface area (Å²) >= 11 is 0. The first kappa shape index (κ1) is 18.3. The summed E-state index contributed by atoms with van der Waals surface area (Å²) in [6.07, 6.45) is 7.15. The van der Waals surface area contributed by atoms with Gasteiger partial charge in [-0.3, -0.25) is 4.79 Å². The van der Waals surface area contributed by atoms with E-state index >= 15 is 0 Å². The molecule has 0 bridgehead atoms. The Kier molecular flexibility index (Phi) is 6.17. The number of nitrogens with one attached hydrogen (secondary N) is 2. The molecule has 2 heterocycles. The maximum Gasteiger partial charge on any atom is 0.271 e. The summed E-state index contributed by atoms with van der Waals surface area (Å²) < 4.78 is 5.51. The summed E-state index contributed by atoms with van der Waals surface area (Å²) in [4.78, 5) is 20.8. The van der Waals surface area contributed by atoms with Crippen LogP contribution in [-0.4, -0.2) is 35.1 Å². The zero-order valence-corrected chi connectivity index (χ0v) is 15.4. The first-order valence-corrected chi connectivity index (χ1v) is 9.30. The maximum atomic E-state index is 12.2. The van der Waals surface area contributed by atoms with Crippen LogP contribution in [0.1, 0.15) is 48.3 Å². The number of carbonyl (C=O) groups is 1. The van der Waals surface area contributed by atoms with Gasteiger partial charge in [-0.2, -0.15) is 0 Å².